The summed E-state index contributed by atoms with van der Waals surface area (Å²) in [6.45, 7) is 0. The lowest BCUT2D eigenvalue weighted by Gasteiger charge is -1.79. The second-order valence-electron chi connectivity index (χ2n) is 1.95. The van der Waals surface area contributed by atoms with Gasteiger partial charge in [0.1, 0.15) is 0 Å². The van der Waals surface area contributed by atoms with Crippen molar-refractivity contribution in [1.82, 2.24) is 0 Å². The normalized spacial score (nSPS) is 33.4. The van der Waals surface area contributed by atoms with Crippen LogP contribution in [0.2, 0.25) is 0 Å². The quantitative estimate of drug-likeness (QED) is 0.494. The third-order valence-corrected chi connectivity index (χ3v) is 1.32. The second kappa shape index (κ2) is 1.52. The van der Waals surface area contributed by atoms with Gasteiger partial charge in [-0.05, 0) is 6.42 Å². The maximum Gasteiger partial charge on any atom is 0.307 e. The molecule has 0 saturated heterocycles. The highest BCUT2D eigenvalue weighted by atomic mass is 16.4. The predicted octanol–water partition coefficient (Wildman–Crippen LogP) is 0.340. The monoisotopic (exact) mass is 110 g/mol. The van der Waals surface area contributed by atoms with Gasteiger partial charge < -0.3 is 5.11 Å². The summed E-state index contributed by atoms with van der Waals surface area (Å²) >= 11 is 0. The molecule has 0 bridgehead atoms. The summed E-state index contributed by atoms with van der Waals surface area (Å²) in [5, 5.41) is 8.26. The standard InChI is InChI=1S/C6H6O2/c1-2-4-3-5(4)6(7)8/h1,4-5H,3H2,(H,7,8)/t4-,5+/m0/s1. The van der Waals surface area contributed by atoms with Crippen molar-refractivity contribution in [2.45, 2.75) is 6.42 Å². The molecule has 0 aromatic rings. The minimum atomic E-state index is -0.757. The summed E-state index contributed by atoms with van der Waals surface area (Å²) in [4.78, 5) is 10.0. The van der Waals surface area contributed by atoms with Crippen molar-refractivity contribution in [2.75, 3.05) is 0 Å². The van der Waals surface area contributed by atoms with Gasteiger partial charge in [0.05, 0.1) is 5.92 Å². The summed E-state index contributed by atoms with van der Waals surface area (Å²) in [5.41, 5.74) is 0. The van der Waals surface area contributed by atoms with Gasteiger partial charge >= 0.3 is 5.97 Å². The second-order valence-corrected chi connectivity index (χ2v) is 1.95. The topological polar surface area (TPSA) is 37.3 Å². The van der Waals surface area contributed by atoms with Crippen LogP contribution in [-0.4, -0.2) is 11.1 Å². The zero-order valence-electron chi connectivity index (χ0n) is 4.29. The minimum absolute atomic E-state index is 0.0208. The lowest BCUT2D eigenvalue weighted by molar-refractivity contribution is -0.138. The zero-order valence-corrected chi connectivity index (χ0v) is 4.29. The fourth-order valence-corrected chi connectivity index (χ4v) is 0.652. The van der Waals surface area contributed by atoms with Crippen LogP contribution in [0.25, 0.3) is 0 Å². The molecule has 1 saturated carbocycles. The molecular formula is C6H6O2. The van der Waals surface area contributed by atoms with Crippen LogP contribution in [0.15, 0.2) is 0 Å². The number of carboxylic acids is 1. The molecule has 0 amide bonds. The number of carbonyl (C=O) groups is 1. The Labute approximate surface area is 47.5 Å². The zero-order chi connectivity index (χ0) is 6.15. The van der Waals surface area contributed by atoms with Crippen LogP contribution in [0.3, 0.4) is 0 Å². The molecular weight excluding hydrogens is 104 g/mol. The fraction of sp³-hybridized carbons (Fsp3) is 0.500. The van der Waals surface area contributed by atoms with Crippen molar-refractivity contribution in [2.24, 2.45) is 11.8 Å². The first-order chi connectivity index (χ1) is 3.75. The maximum atomic E-state index is 10.0. The summed E-state index contributed by atoms with van der Waals surface area (Å²) in [5.74, 6) is 1.42. The van der Waals surface area contributed by atoms with Crippen LogP contribution in [-0.2, 0) is 4.79 Å². The van der Waals surface area contributed by atoms with Gasteiger partial charge in [-0.3, -0.25) is 4.79 Å². The Morgan fingerprint density at radius 1 is 1.88 bits per heavy atom. The summed E-state index contributed by atoms with van der Waals surface area (Å²) < 4.78 is 0. The van der Waals surface area contributed by atoms with E-state index in [4.69, 9.17) is 11.5 Å². The van der Waals surface area contributed by atoms with Crippen molar-refractivity contribution in [3.05, 3.63) is 0 Å². The van der Waals surface area contributed by atoms with Crippen molar-refractivity contribution >= 4 is 5.97 Å². The average Bonchev–Trinajstić information content (AvgIpc) is 2.42. The van der Waals surface area contributed by atoms with Gasteiger partial charge in [0.15, 0.2) is 0 Å². The van der Waals surface area contributed by atoms with Crippen LogP contribution in [0, 0.1) is 24.2 Å². The van der Waals surface area contributed by atoms with Crippen molar-refractivity contribution in [1.29, 1.82) is 0 Å². The third kappa shape index (κ3) is 0.671. The number of carboxylic acid groups (broad SMARTS) is 1. The SMILES string of the molecule is C#C[C@H]1C[C@H]1C(=O)O. The largest absolute Gasteiger partial charge is 0.481 e. The van der Waals surface area contributed by atoms with Gasteiger partial charge in [-0.2, -0.15) is 0 Å². The molecule has 0 radical (unpaired) electrons. The Morgan fingerprint density at radius 3 is 2.62 bits per heavy atom. The highest BCUT2D eigenvalue weighted by Gasteiger charge is 2.41. The van der Waals surface area contributed by atoms with Gasteiger partial charge in [0, 0.05) is 5.92 Å². The molecule has 2 nitrogen and oxygen atoms in total. The number of terminal acetylenes is 1. The Bertz CT molecular complexity index is 154. The minimum Gasteiger partial charge on any atom is -0.481 e. The van der Waals surface area contributed by atoms with Gasteiger partial charge in [0.2, 0.25) is 0 Å². The molecule has 1 aliphatic rings. The molecule has 0 heterocycles. The molecule has 1 rings (SSSR count). The van der Waals surface area contributed by atoms with E-state index in [1.807, 2.05) is 0 Å². The predicted molar refractivity (Wildman–Crippen MR) is 28.1 cm³/mol. The highest BCUT2D eigenvalue weighted by molar-refractivity contribution is 5.74. The summed E-state index contributed by atoms with van der Waals surface area (Å²) in [6.07, 6.45) is 5.62. The molecule has 0 aliphatic heterocycles. The van der Waals surface area contributed by atoms with Gasteiger partial charge in [-0.15, -0.1) is 12.3 Å². The molecule has 1 fully saturated rings. The van der Waals surface area contributed by atoms with E-state index in [-0.39, 0.29) is 11.8 Å². The van der Waals surface area contributed by atoms with Gasteiger partial charge in [-0.25, -0.2) is 0 Å². The molecule has 42 valence electrons. The average molecular weight is 110 g/mol. The summed E-state index contributed by atoms with van der Waals surface area (Å²) in [6, 6.07) is 0. The molecule has 0 aromatic heterocycles. The van der Waals surface area contributed by atoms with E-state index in [0.717, 1.165) is 0 Å². The highest BCUT2D eigenvalue weighted by Crippen LogP contribution is 2.37. The van der Waals surface area contributed by atoms with E-state index in [1.54, 1.807) is 0 Å². The molecule has 2 atom stereocenters. The molecule has 0 spiro atoms. The molecule has 2 heteroatoms. The summed E-state index contributed by atoms with van der Waals surface area (Å²) in [7, 11) is 0. The first kappa shape index (κ1) is 5.17. The Balaban J connectivity index is 2.40. The van der Waals surface area contributed by atoms with Gasteiger partial charge in [-0.1, -0.05) is 0 Å². The Hall–Kier alpha value is -0.970. The number of hydrogen-bond acceptors (Lipinski definition) is 1. The first-order valence-corrected chi connectivity index (χ1v) is 2.44. The van der Waals surface area contributed by atoms with Crippen molar-refractivity contribution in [3.8, 4) is 12.3 Å². The number of aliphatic carboxylic acids is 1. The molecule has 8 heavy (non-hydrogen) atoms. The number of rotatable bonds is 1. The molecule has 0 unspecified atom stereocenters. The lowest BCUT2D eigenvalue weighted by atomic mass is 10.3. The third-order valence-electron chi connectivity index (χ3n) is 1.32. The van der Waals surface area contributed by atoms with Crippen LogP contribution < -0.4 is 0 Å². The van der Waals surface area contributed by atoms with Crippen LogP contribution in [0.4, 0.5) is 0 Å². The fourth-order valence-electron chi connectivity index (χ4n) is 0.652. The van der Waals surface area contributed by atoms with Crippen LogP contribution in [0.5, 0.6) is 0 Å². The van der Waals surface area contributed by atoms with E-state index in [2.05, 4.69) is 5.92 Å². The van der Waals surface area contributed by atoms with E-state index in [9.17, 15) is 4.79 Å². The van der Waals surface area contributed by atoms with Crippen LogP contribution in [0.1, 0.15) is 6.42 Å². The molecule has 1 N–H and O–H groups in total. The van der Waals surface area contributed by atoms with E-state index < -0.39 is 5.97 Å². The Kier molecular flexibility index (Phi) is 0.980. The van der Waals surface area contributed by atoms with Crippen molar-refractivity contribution < 1.29 is 9.90 Å². The number of hydrogen-bond donors (Lipinski definition) is 1. The molecule has 1 aliphatic carbocycles. The van der Waals surface area contributed by atoms with E-state index >= 15 is 0 Å². The van der Waals surface area contributed by atoms with E-state index in [1.165, 1.54) is 0 Å². The maximum absolute atomic E-state index is 10.0. The van der Waals surface area contributed by atoms with Gasteiger partial charge in [0.25, 0.3) is 0 Å². The molecule has 0 aromatic carbocycles. The first-order valence-electron chi connectivity index (χ1n) is 2.44. The lowest BCUT2D eigenvalue weighted by Crippen LogP contribution is -1.97. The Morgan fingerprint density at radius 2 is 2.50 bits per heavy atom. The van der Waals surface area contributed by atoms with Crippen molar-refractivity contribution in [3.63, 3.8) is 0 Å². The van der Waals surface area contributed by atoms with Crippen LogP contribution >= 0.6 is 0 Å². The van der Waals surface area contributed by atoms with E-state index in [0.29, 0.717) is 6.42 Å². The smallest absolute Gasteiger partial charge is 0.307 e.